The zero-order chi connectivity index (χ0) is 14.0. The van der Waals surface area contributed by atoms with Crippen LogP contribution in [0.1, 0.15) is 31.9 Å². The van der Waals surface area contributed by atoms with Crippen molar-refractivity contribution in [3.05, 3.63) is 28.8 Å². The van der Waals surface area contributed by atoms with Crippen LogP contribution in [0.4, 0.5) is 5.69 Å². The van der Waals surface area contributed by atoms with Crippen molar-refractivity contribution < 1.29 is 0 Å². The Balaban J connectivity index is 2.16. The molecule has 1 aliphatic rings. The first-order valence-corrected chi connectivity index (χ1v) is 7.41. The molecule has 106 valence electrons. The standard InChI is InChI=1S/C15H24ClN3/c1-4-12-10-19(8-7-18(12)3)13-5-6-14(11(2)17)15(16)9-13/h5-6,9,11-12H,4,7-8,10,17H2,1-3H3. The monoisotopic (exact) mass is 281 g/mol. The highest BCUT2D eigenvalue weighted by molar-refractivity contribution is 6.31. The number of rotatable bonds is 3. The summed E-state index contributed by atoms with van der Waals surface area (Å²) in [7, 11) is 2.21. The molecule has 0 spiro atoms. The van der Waals surface area contributed by atoms with Gasteiger partial charge in [0, 0.05) is 42.4 Å². The van der Waals surface area contributed by atoms with Gasteiger partial charge in [-0.1, -0.05) is 24.6 Å². The van der Waals surface area contributed by atoms with E-state index in [4.69, 9.17) is 17.3 Å². The Morgan fingerprint density at radius 1 is 1.42 bits per heavy atom. The fraction of sp³-hybridized carbons (Fsp3) is 0.600. The number of hydrogen-bond donors (Lipinski definition) is 1. The minimum Gasteiger partial charge on any atom is -0.369 e. The Morgan fingerprint density at radius 3 is 2.74 bits per heavy atom. The van der Waals surface area contributed by atoms with Crippen LogP contribution in [0.15, 0.2) is 18.2 Å². The topological polar surface area (TPSA) is 32.5 Å². The first kappa shape index (κ1) is 14.6. The fourth-order valence-corrected chi connectivity index (χ4v) is 3.05. The predicted molar refractivity (Wildman–Crippen MR) is 83.0 cm³/mol. The summed E-state index contributed by atoms with van der Waals surface area (Å²) in [4.78, 5) is 4.86. The lowest BCUT2D eigenvalue weighted by atomic mass is 10.1. The van der Waals surface area contributed by atoms with Crippen LogP contribution in [-0.2, 0) is 0 Å². The first-order valence-electron chi connectivity index (χ1n) is 7.03. The maximum absolute atomic E-state index is 6.33. The average Bonchev–Trinajstić information content (AvgIpc) is 2.38. The summed E-state index contributed by atoms with van der Waals surface area (Å²) in [5.41, 5.74) is 8.13. The van der Waals surface area contributed by atoms with Gasteiger partial charge in [0.1, 0.15) is 0 Å². The Morgan fingerprint density at radius 2 is 2.16 bits per heavy atom. The number of anilines is 1. The van der Waals surface area contributed by atoms with E-state index in [1.807, 2.05) is 6.92 Å². The summed E-state index contributed by atoms with van der Waals surface area (Å²) >= 11 is 6.33. The van der Waals surface area contributed by atoms with E-state index in [1.165, 1.54) is 12.1 Å². The molecule has 4 heteroatoms. The molecule has 1 aromatic carbocycles. The molecule has 1 aliphatic heterocycles. The second-order valence-electron chi connectivity index (χ2n) is 5.48. The van der Waals surface area contributed by atoms with E-state index in [0.29, 0.717) is 6.04 Å². The zero-order valence-electron chi connectivity index (χ0n) is 12.1. The van der Waals surface area contributed by atoms with Gasteiger partial charge in [-0.05, 0) is 38.1 Å². The SMILES string of the molecule is CCC1CN(c2ccc(C(C)N)c(Cl)c2)CCN1C. The maximum Gasteiger partial charge on any atom is 0.0474 e. The normalized spacial score (nSPS) is 22.6. The van der Waals surface area contributed by atoms with E-state index in [1.54, 1.807) is 0 Å². The lowest BCUT2D eigenvalue weighted by molar-refractivity contribution is 0.213. The minimum atomic E-state index is -0.0163. The van der Waals surface area contributed by atoms with Gasteiger partial charge in [0.15, 0.2) is 0 Å². The van der Waals surface area contributed by atoms with Gasteiger partial charge in [0.2, 0.25) is 0 Å². The van der Waals surface area contributed by atoms with Gasteiger partial charge in [0.05, 0.1) is 0 Å². The second kappa shape index (κ2) is 6.12. The van der Waals surface area contributed by atoms with Crippen LogP contribution in [0.2, 0.25) is 5.02 Å². The molecule has 2 N–H and O–H groups in total. The summed E-state index contributed by atoms with van der Waals surface area (Å²) in [5, 5.41) is 0.777. The van der Waals surface area contributed by atoms with Crippen molar-refractivity contribution in [2.45, 2.75) is 32.4 Å². The first-order chi connectivity index (χ1) is 9.02. The van der Waals surface area contributed by atoms with Crippen molar-refractivity contribution in [1.29, 1.82) is 0 Å². The lowest BCUT2D eigenvalue weighted by Gasteiger charge is -2.40. The molecule has 0 radical (unpaired) electrons. The zero-order valence-corrected chi connectivity index (χ0v) is 12.8. The fourth-order valence-electron chi connectivity index (χ4n) is 2.70. The molecule has 2 rings (SSSR count). The molecule has 1 saturated heterocycles. The summed E-state index contributed by atoms with van der Waals surface area (Å²) < 4.78 is 0. The number of nitrogens with zero attached hydrogens (tertiary/aromatic N) is 2. The van der Waals surface area contributed by atoms with E-state index in [9.17, 15) is 0 Å². The second-order valence-corrected chi connectivity index (χ2v) is 5.89. The number of likely N-dealkylation sites (N-methyl/N-ethyl adjacent to an activating group) is 1. The van der Waals surface area contributed by atoms with E-state index in [0.717, 1.165) is 30.2 Å². The Labute approximate surface area is 121 Å². The van der Waals surface area contributed by atoms with Gasteiger partial charge >= 0.3 is 0 Å². The highest BCUT2D eigenvalue weighted by Crippen LogP contribution is 2.28. The van der Waals surface area contributed by atoms with E-state index in [-0.39, 0.29) is 6.04 Å². The van der Waals surface area contributed by atoms with Crippen LogP contribution in [0.25, 0.3) is 0 Å². The largest absolute Gasteiger partial charge is 0.369 e. The van der Waals surface area contributed by atoms with Crippen LogP contribution in [0, 0.1) is 0 Å². The number of halogens is 1. The maximum atomic E-state index is 6.33. The molecule has 0 aliphatic carbocycles. The van der Waals surface area contributed by atoms with Crippen molar-refractivity contribution >= 4 is 17.3 Å². The van der Waals surface area contributed by atoms with E-state index < -0.39 is 0 Å². The molecule has 0 amide bonds. The van der Waals surface area contributed by atoms with Crippen LogP contribution in [0.3, 0.4) is 0 Å². The number of benzene rings is 1. The third-order valence-electron chi connectivity index (χ3n) is 4.09. The molecular weight excluding hydrogens is 258 g/mol. The molecule has 1 aromatic rings. The Bertz CT molecular complexity index is 433. The van der Waals surface area contributed by atoms with Gasteiger partial charge in [0.25, 0.3) is 0 Å². The van der Waals surface area contributed by atoms with Crippen LogP contribution < -0.4 is 10.6 Å². The molecule has 19 heavy (non-hydrogen) atoms. The van der Waals surface area contributed by atoms with Crippen molar-refractivity contribution in [1.82, 2.24) is 4.90 Å². The number of piperazine rings is 1. The molecule has 2 unspecified atom stereocenters. The minimum absolute atomic E-state index is 0.0163. The summed E-state index contributed by atoms with van der Waals surface area (Å²) in [6, 6.07) is 6.86. The third kappa shape index (κ3) is 3.22. The Hall–Kier alpha value is -0.770. The highest BCUT2D eigenvalue weighted by Gasteiger charge is 2.23. The summed E-state index contributed by atoms with van der Waals surface area (Å²) in [6.45, 7) is 7.44. The van der Waals surface area contributed by atoms with Crippen molar-refractivity contribution in [2.75, 3.05) is 31.6 Å². The van der Waals surface area contributed by atoms with Crippen molar-refractivity contribution in [3.63, 3.8) is 0 Å². The Kier molecular flexibility index (Phi) is 4.71. The molecule has 0 bridgehead atoms. The van der Waals surface area contributed by atoms with E-state index >= 15 is 0 Å². The van der Waals surface area contributed by atoms with Gasteiger partial charge in [-0.15, -0.1) is 0 Å². The van der Waals surface area contributed by atoms with Crippen molar-refractivity contribution in [3.8, 4) is 0 Å². The molecule has 0 saturated carbocycles. The molecule has 3 nitrogen and oxygen atoms in total. The molecular formula is C15H24ClN3. The quantitative estimate of drug-likeness (QED) is 0.925. The number of nitrogens with two attached hydrogens (primary N) is 1. The third-order valence-corrected chi connectivity index (χ3v) is 4.42. The van der Waals surface area contributed by atoms with Crippen molar-refractivity contribution in [2.24, 2.45) is 5.73 Å². The van der Waals surface area contributed by atoms with Crippen LogP contribution in [0.5, 0.6) is 0 Å². The van der Waals surface area contributed by atoms with Crippen LogP contribution >= 0.6 is 11.6 Å². The van der Waals surface area contributed by atoms with Crippen LogP contribution in [-0.4, -0.2) is 37.6 Å². The molecule has 1 heterocycles. The summed E-state index contributed by atoms with van der Waals surface area (Å²) in [5.74, 6) is 0. The van der Waals surface area contributed by atoms with Gasteiger partial charge < -0.3 is 10.6 Å². The highest BCUT2D eigenvalue weighted by atomic mass is 35.5. The summed E-state index contributed by atoms with van der Waals surface area (Å²) in [6.07, 6.45) is 1.18. The van der Waals surface area contributed by atoms with E-state index in [2.05, 4.69) is 42.0 Å². The number of hydrogen-bond acceptors (Lipinski definition) is 3. The van der Waals surface area contributed by atoms with Gasteiger partial charge in [-0.25, -0.2) is 0 Å². The molecule has 2 atom stereocenters. The molecule has 1 fully saturated rings. The van der Waals surface area contributed by atoms with Gasteiger partial charge in [-0.3, -0.25) is 4.90 Å². The lowest BCUT2D eigenvalue weighted by Crippen LogP contribution is -2.51. The average molecular weight is 282 g/mol. The molecule has 0 aromatic heterocycles. The van der Waals surface area contributed by atoms with Gasteiger partial charge in [-0.2, -0.15) is 0 Å². The predicted octanol–water partition coefficient (Wildman–Crippen LogP) is 2.89. The smallest absolute Gasteiger partial charge is 0.0474 e.